The minimum absolute atomic E-state index is 0.0148. The van der Waals surface area contributed by atoms with Gasteiger partial charge >= 0.3 is 0 Å². The van der Waals surface area contributed by atoms with E-state index in [1.165, 1.54) is 10.5 Å². The van der Waals surface area contributed by atoms with Gasteiger partial charge in [-0.15, -0.1) is 0 Å². The highest BCUT2D eigenvalue weighted by molar-refractivity contribution is 5.95. The van der Waals surface area contributed by atoms with E-state index in [0.717, 1.165) is 18.7 Å². The van der Waals surface area contributed by atoms with Crippen LogP contribution in [-0.4, -0.2) is 57.6 Å². The Kier molecular flexibility index (Phi) is 4.70. The number of aromatic nitrogens is 3. The minimum atomic E-state index is -0.735. The van der Waals surface area contributed by atoms with Crippen molar-refractivity contribution in [3.05, 3.63) is 51.4 Å². The fraction of sp³-hybridized carbons (Fsp3) is 0.368. The first kappa shape index (κ1) is 18.3. The van der Waals surface area contributed by atoms with Crippen molar-refractivity contribution in [3.8, 4) is 0 Å². The van der Waals surface area contributed by atoms with Gasteiger partial charge in [-0.25, -0.2) is 4.98 Å². The number of fused-ring (bicyclic) bond motifs is 2. The van der Waals surface area contributed by atoms with Gasteiger partial charge in [0.25, 0.3) is 11.5 Å². The van der Waals surface area contributed by atoms with Crippen molar-refractivity contribution in [2.45, 2.75) is 13.5 Å². The summed E-state index contributed by atoms with van der Waals surface area (Å²) in [6.45, 7) is 5.91. The van der Waals surface area contributed by atoms with Gasteiger partial charge < -0.3 is 15.0 Å². The summed E-state index contributed by atoms with van der Waals surface area (Å²) in [6.07, 6.45) is 1.65. The van der Waals surface area contributed by atoms with Crippen molar-refractivity contribution in [1.82, 2.24) is 18.9 Å². The first-order valence-corrected chi connectivity index (χ1v) is 9.17. The third-order valence-corrected chi connectivity index (χ3v) is 5.14. The number of nitrogens with one attached hydrogen (secondary N) is 1. The highest BCUT2D eigenvalue weighted by atomic mass is 16.5. The van der Waals surface area contributed by atoms with Crippen LogP contribution in [0.25, 0.3) is 16.7 Å². The number of nitrogens with zero attached hydrogens (tertiary/aromatic N) is 4. The topological polar surface area (TPSA) is 119 Å². The van der Waals surface area contributed by atoms with E-state index in [1.807, 2.05) is 13.0 Å². The highest BCUT2D eigenvalue weighted by Gasteiger charge is 2.18. The number of ether oxygens (including phenoxy) is 1. The number of aryl methyl sites for hydroxylation is 1. The van der Waals surface area contributed by atoms with Crippen molar-refractivity contribution in [2.75, 3.05) is 32.8 Å². The van der Waals surface area contributed by atoms with Gasteiger partial charge in [-0.2, -0.15) is 0 Å². The minimum Gasteiger partial charge on any atom is -0.379 e. The summed E-state index contributed by atoms with van der Waals surface area (Å²) in [5.41, 5.74) is 6.95. The van der Waals surface area contributed by atoms with E-state index in [2.05, 4.69) is 9.88 Å². The molecular formula is C19H22N6O3. The van der Waals surface area contributed by atoms with E-state index in [4.69, 9.17) is 15.9 Å². The predicted molar refractivity (Wildman–Crippen MR) is 103 cm³/mol. The van der Waals surface area contributed by atoms with Crippen LogP contribution >= 0.6 is 0 Å². The van der Waals surface area contributed by atoms with Crippen molar-refractivity contribution >= 4 is 22.6 Å². The van der Waals surface area contributed by atoms with Crippen LogP contribution in [-0.2, 0) is 11.3 Å². The number of morpholine rings is 1. The maximum Gasteiger partial charge on any atom is 0.267 e. The second-order valence-electron chi connectivity index (χ2n) is 6.92. The van der Waals surface area contributed by atoms with E-state index < -0.39 is 5.91 Å². The van der Waals surface area contributed by atoms with Gasteiger partial charge in [-0.05, 0) is 24.6 Å². The zero-order valence-corrected chi connectivity index (χ0v) is 15.6. The molecule has 0 saturated carbocycles. The number of carbonyl (C=O) groups excluding carboxylic acids is 1. The van der Waals surface area contributed by atoms with Crippen LogP contribution in [0.1, 0.15) is 15.9 Å². The van der Waals surface area contributed by atoms with Gasteiger partial charge in [-0.3, -0.25) is 24.3 Å². The molecule has 1 aliphatic rings. The molecule has 0 spiro atoms. The molecule has 0 bridgehead atoms. The molecule has 1 saturated heterocycles. The molecule has 0 unspecified atom stereocenters. The van der Waals surface area contributed by atoms with E-state index in [1.54, 1.807) is 16.8 Å². The summed E-state index contributed by atoms with van der Waals surface area (Å²) < 4.78 is 8.44. The number of carbonyl (C=O) groups is 1. The lowest BCUT2D eigenvalue weighted by molar-refractivity contribution is 0.0363. The molecule has 9 heteroatoms. The molecule has 1 fully saturated rings. The van der Waals surface area contributed by atoms with Crippen LogP contribution < -0.4 is 16.8 Å². The summed E-state index contributed by atoms with van der Waals surface area (Å²) in [4.78, 5) is 31.8. The lowest BCUT2D eigenvalue weighted by atomic mass is 10.2. The van der Waals surface area contributed by atoms with Crippen molar-refractivity contribution in [1.29, 1.82) is 5.41 Å². The Balaban J connectivity index is 1.94. The molecule has 3 N–H and O–H groups in total. The first-order chi connectivity index (χ1) is 13.5. The Bertz CT molecular complexity index is 1190. The lowest BCUT2D eigenvalue weighted by Gasteiger charge is -2.27. The average Bonchev–Trinajstić information content (AvgIpc) is 2.68. The summed E-state index contributed by atoms with van der Waals surface area (Å²) in [6, 6.07) is 5.04. The molecule has 3 aromatic heterocycles. The molecule has 28 heavy (non-hydrogen) atoms. The number of rotatable bonds is 4. The summed E-state index contributed by atoms with van der Waals surface area (Å²) in [7, 11) is 0. The molecule has 4 heterocycles. The second-order valence-corrected chi connectivity index (χ2v) is 6.92. The number of amides is 1. The van der Waals surface area contributed by atoms with E-state index >= 15 is 0 Å². The standard InChI is InChI=1S/C19H22N6O3/c1-12-3-2-4-25-17(12)22-18-14(19(25)27)11-13(16(21)26)15(20)24(18)6-5-23-7-9-28-10-8-23/h2-4,11,20H,5-10H2,1H3,(H2,21,26). The monoisotopic (exact) mass is 382 g/mol. The maximum atomic E-state index is 13.1. The van der Waals surface area contributed by atoms with E-state index in [-0.39, 0.29) is 22.0 Å². The Morgan fingerprint density at radius 1 is 1.29 bits per heavy atom. The summed E-state index contributed by atoms with van der Waals surface area (Å²) in [5, 5.41) is 8.75. The molecule has 0 aromatic carbocycles. The van der Waals surface area contributed by atoms with Crippen LogP contribution in [0.3, 0.4) is 0 Å². The molecule has 4 rings (SSSR count). The predicted octanol–water partition coefficient (Wildman–Crippen LogP) is -0.132. The van der Waals surface area contributed by atoms with Gasteiger partial charge in [0, 0.05) is 32.4 Å². The van der Waals surface area contributed by atoms with Crippen molar-refractivity contribution < 1.29 is 9.53 Å². The van der Waals surface area contributed by atoms with Gasteiger partial charge in [-0.1, -0.05) is 6.07 Å². The average molecular weight is 382 g/mol. The molecule has 1 aliphatic heterocycles. The Hall–Kier alpha value is -3.04. The maximum absolute atomic E-state index is 13.1. The number of pyridine rings is 2. The summed E-state index contributed by atoms with van der Waals surface area (Å²) in [5.74, 6) is -0.735. The quantitative estimate of drug-likeness (QED) is 0.609. The highest BCUT2D eigenvalue weighted by Crippen LogP contribution is 2.13. The lowest BCUT2D eigenvalue weighted by Crippen LogP contribution is -2.40. The zero-order valence-electron chi connectivity index (χ0n) is 15.6. The van der Waals surface area contributed by atoms with Gasteiger partial charge in [0.05, 0.1) is 24.2 Å². The van der Waals surface area contributed by atoms with Gasteiger partial charge in [0.15, 0.2) is 0 Å². The van der Waals surface area contributed by atoms with Crippen LogP contribution in [0.4, 0.5) is 0 Å². The Morgan fingerprint density at radius 2 is 2.04 bits per heavy atom. The van der Waals surface area contributed by atoms with Crippen LogP contribution in [0.5, 0.6) is 0 Å². The van der Waals surface area contributed by atoms with E-state index in [9.17, 15) is 9.59 Å². The third-order valence-electron chi connectivity index (χ3n) is 5.14. The molecule has 146 valence electrons. The Morgan fingerprint density at radius 3 is 2.75 bits per heavy atom. The largest absolute Gasteiger partial charge is 0.379 e. The van der Waals surface area contributed by atoms with Gasteiger partial charge in [0.2, 0.25) is 0 Å². The molecule has 0 atom stereocenters. The number of hydrogen-bond acceptors (Lipinski definition) is 6. The summed E-state index contributed by atoms with van der Waals surface area (Å²) >= 11 is 0. The molecule has 9 nitrogen and oxygen atoms in total. The third kappa shape index (κ3) is 3.08. The van der Waals surface area contributed by atoms with Crippen molar-refractivity contribution in [3.63, 3.8) is 0 Å². The van der Waals surface area contributed by atoms with Crippen LogP contribution in [0.2, 0.25) is 0 Å². The number of primary amides is 1. The molecular weight excluding hydrogens is 360 g/mol. The van der Waals surface area contributed by atoms with E-state index in [0.29, 0.717) is 37.6 Å². The Labute approximate surface area is 160 Å². The van der Waals surface area contributed by atoms with Gasteiger partial charge in [0.1, 0.15) is 16.8 Å². The first-order valence-electron chi connectivity index (χ1n) is 9.17. The fourth-order valence-electron chi connectivity index (χ4n) is 3.57. The molecule has 0 aliphatic carbocycles. The zero-order chi connectivity index (χ0) is 19.8. The fourth-order valence-corrected chi connectivity index (χ4v) is 3.57. The van der Waals surface area contributed by atoms with Crippen LogP contribution in [0.15, 0.2) is 29.2 Å². The van der Waals surface area contributed by atoms with Crippen LogP contribution in [0, 0.1) is 12.3 Å². The SMILES string of the molecule is Cc1cccn2c(=O)c3cc(C(N)=O)c(=N)n(CCN4CCOCC4)c3nc12. The normalized spacial score (nSPS) is 15.3. The molecule has 1 amide bonds. The van der Waals surface area contributed by atoms with Crippen molar-refractivity contribution in [2.24, 2.45) is 5.73 Å². The number of hydrogen-bond donors (Lipinski definition) is 2. The second kappa shape index (κ2) is 7.17. The molecule has 3 aromatic rings. The smallest absolute Gasteiger partial charge is 0.267 e. The molecule has 0 radical (unpaired) electrons. The number of nitrogens with two attached hydrogens (primary N) is 1.